The maximum Gasteiger partial charge on any atom is 0.403 e. The summed E-state index contributed by atoms with van der Waals surface area (Å²) in [5.74, 6) is -4.54. The van der Waals surface area contributed by atoms with Crippen molar-refractivity contribution in [2.24, 2.45) is 5.41 Å². The molecule has 8 heteroatoms. The Kier molecular flexibility index (Phi) is 3.62. The van der Waals surface area contributed by atoms with Crippen molar-refractivity contribution in [3.8, 4) is 0 Å². The maximum absolute atomic E-state index is 12.8. The van der Waals surface area contributed by atoms with Crippen LogP contribution in [0.3, 0.4) is 0 Å². The van der Waals surface area contributed by atoms with Crippen LogP contribution in [-0.4, -0.2) is 36.0 Å². The molecule has 1 saturated carbocycles. The first-order chi connectivity index (χ1) is 7.68. The van der Waals surface area contributed by atoms with Crippen molar-refractivity contribution in [2.75, 3.05) is 13.1 Å². The first-order valence-corrected chi connectivity index (χ1v) is 5.42. The third-order valence-corrected chi connectivity index (χ3v) is 3.47. The second kappa shape index (κ2) is 4.31. The number of carbonyl (C=O) groups is 1. The van der Waals surface area contributed by atoms with E-state index >= 15 is 0 Å². The van der Waals surface area contributed by atoms with Gasteiger partial charge in [0, 0.05) is 25.9 Å². The van der Waals surface area contributed by atoms with Crippen LogP contribution in [0, 0.1) is 5.41 Å². The zero-order valence-electron chi connectivity index (χ0n) is 9.40. The number of alkyl halides is 5. The fourth-order valence-corrected chi connectivity index (χ4v) is 2.53. The van der Waals surface area contributed by atoms with Crippen molar-refractivity contribution < 1.29 is 31.5 Å². The van der Waals surface area contributed by atoms with Gasteiger partial charge in [0.05, 0.1) is 0 Å². The molecule has 1 amide bonds. The lowest BCUT2D eigenvalue weighted by Crippen LogP contribution is -2.62. The van der Waals surface area contributed by atoms with Gasteiger partial charge in [0.2, 0.25) is 5.91 Å². The number of likely N-dealkylation sites (tertiary alicyclic amines) is 1. The van der Waals surface area contributed by atoms with Gasteiger partial charge >= 0.3 is 6.18 Å². The van der Waals surface area contributed by atoms with Crippen LogP contribution in [0.25, 0.3) is 0 Å². The van der Waals surface area contributed by atoms with Crippen molar-refractivity contribution in [3.05, 3.63) is 0 Å². The number of hydrogen-bond donors (Lipinski definition) is 0. The minimum atomic E-state index is -4.89. The van der Waals surface area contributed by atoms with Crippen molar-refractivity contribution in [2.45, 2.75) is 37.8 Å². The molecule has 0 aromatic rings. The molecule has 2 nitrogen and oxygen atoms in total. The van der Waals surface area contributed by atoms with Crippen LogP contribution in [0.2, 0.25) is 0 Å². The molecule has 0 aromatic carbocycles. The first-order valence-electron chi connectivity index (χ1n) is 5.42. The summed E-state index contributed by atoms with van der Waals surface area (Å²) in [5.41, 5.74) is -2.85. The van der Waals surface area contributed by atoms with Gasteiger partial charge in [-0.25, -0.2) is 8.78 Å². The first kappa shape index (κ1) is 15.1. The number of nitrogens with zero attached hydrogens (tertiary/aromatic N) is 1. The van der Waals surface area contributed by atoms with Crippen molar-refractivity contribution in [3.63, 3.8) is 0 Å². The normalized spacial score (nSPS) is 25.3. The lowest BCUT2D eigenvalue weighted by Gasteiger charge is -2.47. The fraction of sp³-hybridized carbons (Fsp3) is 0.900. The Morgan fingerprint density at radius 3 is 1.83 bits per heavy atom. The van der Waals surface area contributed by atoms with Gasteiger partial charge < -0.3 is 4.90 Å². The Morgan fingerprint density at radius 2 is 1.50 bits per heavy atom. The van der Waals surface area contributed by atoms with E-state index in [2.05, 4.69) is 0 Å². The third-order valence-electron chi connectivity index (χ3n) is 3.47. The largest absolute Gasteiger partial charge is 0.403 e. The lowest BCUT2D eigenvalue weighted by atomic mass is 9.64. The standard InChI is InChI=1S/C10H12F5NO.FH/c11-9(12)5-8(6-9,10(13,14)15)7(17)16-3-1-2-4-16;/h1-6H2;1H. The summed E-state index contributed by atoms with van der Waals surface area (Å²) < 4.78 is 63.9. The van der Waals surface area contributed by atoms with Gasteiger partial charge in [-0.1, -0.05) is 0 Å². The number of hydrogen-bond acceptors (Lipinski definition) is 1. The summed E-state index contributed by atoms with van der Waals surface area (Å²) >= 11 is 0. The predicted molar refractivity (Wildman–Crippen MR) is 51.0 cm³/mol. The molecule has 1 aliphatic heterocycles. The smallest absolute Gasteiger partial charge is 0.342 e. The van der Waals surface area contributed by atoms with Gasteiger partial charge in [-0.3, -0.25) is 9.50 Å². The minimum absolute atomic E-state index is 0. The molecule has 18 heavy (non-hydrogen) atoms. The van der Waals surface area contributed by atoms with Gasteiger partial charge in [-0.2, -0.15) is 13.2 Å². The summed E-state index contributed by atoms with van der Waals surface area (Å²) in [4.78, 5) is 12.8. The van der Waals surface area contributed by atoms with E-state index in [1.165, 1.54) is 0 Å². The quantitative estimate of drug-likeness (QED) is 0.675. The number of halogens is 6. The average molecular weight is 277 g/mol. The average Bonchev–Trinajstić information content (AvgIpc) is 2.62. The topological polar surface area (TPSA) is 20.3 Å². The van der Waals surface area contributed by atoms with Crippen LogP contribution in [0.5, 0.6) is 0 Å². The Bertz CT molecular complexity index is 326. The molecular formula is C10H13F6NO. The van der Waals surface area contributed by atoms with Crippen LogP contribution in [0.15, 0.2) is 0 Å². The highest BCUT2D eigenvalue weighted by atomic mass is 19.4. The van der Waals surface area contributed by atoms with Crippen molar-refractivity contribution in [1.29, 1.82) is 0 Å². The molecule has 2 aliphatic rings. The molecule has 0 aromatic heterocycles. The highest BCUT2D eigenvalue weighted by Gasteiger charge is 2.74. The SMILES string of the molecule is F.O=C(N1CCCC1)C1(C(F)(F)F)CC(F)(F)C1. The van der Waals surface area contributed by atoms with Gasteiger partial charge in [-0.15, -0.1) is 0 Å². The van der Waals surface area contributed by atoms with Crippen molar-refractivity contribution >= 4 is 5.91 Å². The zero-order valence-corrected chi connectivity index (χ0v) is 9.40. The number of rotatable bonds is 1. The van der Waals surface area contributed by atoms with Crippen molar-refractivity contribution in [1.82, 2.24) is 4.90 Å². The summed E-state index contributed by atoms with van der Waals surface area (Å²) in [6.07, 6.45) is -6.43. The van der Waals surface area contributed by atoms with E-state index in [4.69, 9.17) is 0 Å². The molecule has 1 aliphatic carbocycles. The summed E-state index contributed by atoms with van der Waals surface area (Å²) in [5, 5.41) is 0. The van der Waals surface area contributed by atoms with E-state index in [1.807, 2.05) is 0 Å². The summed E-state index contributed by atoms with van der Waals surface area (Å²) in [7, 11) is 0. The second-order valence-electron chi connectivity index (χ2n) is 4.79. The fourth-order valence-electron chi connectivity index (χ4n) is 2.53. The van der Waals surface area contributed by atoms with E-state index in [0.717, 1.165) is 4.90 Å². The van der Waals surface area contributed by atoms with E-state index in [9.17, 15) is 26.7 Å². The molecular weight excluding hydrogens is 264 g/mol. The molecule has 1 saturated heterocycles. The summed E-state index contributed by atoms with van der Waals surface area (Å²) in [6.45, 7) is 0.477. The van der Waals surface area contributed by atoms with E-state index < -0.39 is 36.3 Å². The molecule has 0 atom stereocenters. The Labute approximate surface area is 99.5 Å². The molecule has 0 N–H and O–H groups in total. The summed E-state index contributed by atoms with van der Waals surface area (Å²) in [6, 6.07) is 0. The van der Waals surface area contributed by atoms with Gasteiger partial charge in [0.1, 0.15) is 0 Å². The maximum atomic E-state index is 12.8. The predicted octanol–water partition coefficient (Wildman–Crippen LogP) is 2.74. The van der Waals surface area contributed by atoms with E-state index in [-0.39, 0.29) is 17.8 Å². The highest BCUT2D eigenvalue weighted by molar-refractivity contribution is 5.85. The molecule has 0 bridgehead atoms. The molecule has 2 rings (SSSR count). The van der Waals surface area contributed by atoms with Crippen LogP contribution in [0.4, 0.5) is 26.7 Å². The molecule has 2 fully saturated rings. The number of carbonyl (C=O) groups excluding carboxylic acids is 1. The van der Waals surface area contributed by atoms with Crippen LogP contribution >= 0.6 is 0 Å². The van der Waals surface area contributed by atoms with Gasteiger partial charge in [0.25, 0.3) is 5.92 Å². The zero-order chi connectivity index (χ0) is 12.9. The second-order valence-corrected chi connectivity index (χ2v) is 4.79. The Hall–Kier alpha value is -0.950. The molecule has 0 unspecified atom stereocenters. The van der Waals surface area contributed by atoms with Gasteiger partial charge in [-0.05, 0) is 12.8 Å². The number of amides is 1. The lowest BCUT2D eigenvalue weighted by molar-refractivity contribution is -0.299. The monoisotopic (exact) mass is 277 g/mol. The van der Waals surface area contributed by atoms with E-state index in [0.29, 0.717) is 12.8 Å². The van der Waals surface area contributed by atoms with Crippen LogP contribution in [0.1, 0.15) is 25.7 Å². The molecule has 1 heterocycles. The Balaban J connectivity index is 0.00000162. The van der Waals surface area contributed by atoms with Gasteiger partial charge in [0.15, 0.2) is 5.41 Å². The minimum Gasteiger partial charge on any atom is -0.342 e. The Morgan fingerprint density at radius 1 is 1.06 bits per heavy atom. The van der Waals surface area contributed by atoms with E-state index in [1.54, 1.807) is 0 Å². The third kappa shape index (κ3) is 2.16. The highest BCUT2D eigenvalue weighted by Crippen LogP contribution is 2.61. The molecule has 106 valence electrons. The molecule has 0 spiro atoms. The van der Waals surface area contributed by atoms with Crippen LogP contribution < -0.4 is 0 Å². The molecule has 0 radical (unpaired) electrons. The van der Waals surface area contributed by atoms with Crippen LogP contribution in [-0.2, 0) is 4.79 Å².